The number of ether oxygens (including phenoxy) is 1. The number of rotatable bonds is 3. The lowest BCUT2D eigenvalue weighted by Crippen LogP contribution is -2.05. The Labute approximate surface area is 80.5 Å². The largest absolute Gasteiger partial charge is 0.434 e. The zero-order chi connectivity index (χ0) is 10.7. The van der Waals surface area contributed by atoms with E-state index in [0.717, 1.165) is 5.56 Å². The molecule has 1 rings (SSSR count). The van der Waals surface area contributed by atoms with Crippen molar-refractivity contribution in [2.24, 2.45) is 0 Å². The lowest BCUT2D eigenvalue weighted by Gasteiger charge is -2.10. The minimum Gasteiger partial charge on any atom is -0.434 e. The van der Waals surface area contributed by atoms with Crippen LogP contribution in [-0.4, -0.2) is 12.9 Å². The van der Waals surface area contributed by atoms with Crippen LogP contribution in [0.2, 0.25) is 0 Å². The maximum atomic E-state index is 11.9. The third-order valence-electron chi connectivity index (χ3n) is 2.08. The van der Waals surface area contributed by atoms with E-state index in [2.05, 4.69) is 4.74 Å². The molecule has 0 aliphatic carbocycles. The summed E-state index contributed by atoms with van der Waals surface area (Å²) in [6.07, 6.45) is 0.528. The van der Waals surface area contributed by atoms with Gasteiger partial charge in [-0.25, -0.2) is 0 Å². The molecule has 0 saturated heterocycles. The summed E-state index contributed by atoms with van der Waals surface area (Å²) in [5, 5.41) is 0. The number of hydrogen-bond donors (Lipinski definition) is 0. The van der Waals surface area contributed by atoms with Crippen LogP contribution in [0.4, 0.5) is 8.78 Å². The molecule has 1 aromatic carbocycles. The fraction of sp³-hybridized carbons (Fsp3) is 0.300. The minimum atomic E-state index is -2.91. The molecule has 0 saturated carbocycles. The molecule has 0 fully saturated rings. The summed E-state index contributed by atoms with van der Waals surface area (Å²) in [4.78, 5) is 10.7. The van der Waals surface area contributed by atoms with Crippen molar-refractivity contribution in [1.82, 2.24) is 0 Å². The third-order valence-corrected chi connectivity index (χ3v) is 2.08. The summed E-state index contributed by atoms with van der Waals surface area (Å²) in [6, 6.07) is 3.01. The van der Waals surface area contributed by atoms with E-state index in [1.807, 2.05) is 0 Å². The van der Waals surface area contributed by atoms with Crippen molar-refractivity contribution in [3.63, 3.8) is 0 Å². The highest BCUT2D eigenvalue weighted by molar-refractivity contribution is 5.82. The maximum Gasteiger partial charge on any atom is 0.387 e. The number of carbonyl (C=O) groups is 1. The monoisotopic (exact) mass is 200 g/mol. The highest BCUT2D eigenvalue weighted by atomic mass is 19.3. The lowest BCUT2D eigenvalue weighted by molar-refractivity contribution is -0.0501. The second kappa shape index (κ2) is 4.17. The molecule has 1 aromatic rings. The van der Waals surface area contributed by atoms with Crippen LogP contribution in [0.15, 0.2) is 12.1 Å². The second-order valence-electron chi connectivity index (χ2n) is 2.92. The molecule has 0 amide bonds. The summed E-state index contributed by atoms with van der Waals surface area (Å²) < 4.78 is 28.1. The molecule has 0 bridgehead atoms. The molecule has 0 heterocycles. The van der Waals surface area contributed by atoms with E-state index in [0.29, 0.717) is 11.8 Å². The molecule has 0 aliphatic heterocycles. The SMILES string of the molecule is Cc1ccc(OC(F)F)c(C=O)c1C. The van der Waals surface area contributed by atoms with Crippen LogP contribution in [0.1, 0.15) is 21.5 Å². The standard InChI is InChI=1S/C10H10F2O2/c1-6-3-4-9(14-10(11)12)8(5-13)7(6)2/h3-5,10H,1-2H3. The van der Waals surface area contributed by atoms with Gasteiger partial charge >= 0.3 is 6.61 Å². The van der Waals surface area contributed by atoms with Gasteiger partial charge in [-0.15, -0.1) is 0 Å². The Morgan fingerprint density at radius 2 is 2.00 bits per heavy atom. The van der Waals surface area contributed by atoms with Gasteiger partial charge in [0.1, 0.15) is 5.75 Å². The minimum absolute atomic E-state index is 0.0712. The quantitative estimate of drug-likeness (QED) is 0.701. The predicted octanol–water partition coefficient (Wildman–Crippen LogP) is 2.72. The predicted molar refractivity (Wildman–Crippen MR) is 47.9 cm³/mol. The van der Waals surface area contributed by atoms with E-state index < -0.39 is 6.61 Å². The molecular weight excluding hydrogens is 190 g/mol. The summed E-state index contributed by atoms with van der Waals surface area (Å²) in [7, 11) is 0. The Balaban J connectivity index is 3.17. The first kappa shape index (κ1) is 10.6. The first-order valence-electron chi connectivity index (χ1n) is 4.06. The molecule has 0 aliphatic rings. The Hall–Kier alpha value is -1.45. The summed E-state index contributed by atoms with van der Waals surface area (Å²) in [6.45, 7) is 0.585. The Kier molecular flexibility index (Phi) is 3.17. The average molecular weight is 200 g/mol. The highest BCUT2D eigenvalue weighted by Crippen LogP contribution is 2.24. The number of halogens is 2. The number of hydrogen-bond acceptors (Lipinski definition) is 2. The zero-order valence-corrected chi connectivity index (χ0v) is 7.88. The van der Waals surface area contributed by atoms with Crippen LogP contribution in [0.25, 0.3) is 0 Å². The van der Waals surface area contributed by atoms with Crippen LogP contribution in [-0.2, 0) is 0 Å². The smallest absolute Gasteiger partial charge is 0.387 e. The van der Waals surface area contributed by atoms with Crippen molar-refractivity contribution in [1.29, 1.82) is 0 Å². The van der Waals surface area contributed by atoms with Gasteiger partial charge in [-0.2, -0.15) is 8.78 Å². The first-order valence-corrected chi connectivity index (χ1v) is 4.06. The molecule has 0 aromatic heterocycles. The molecule has 2 nitrogen and oxygen atoms in total. The van der Waals surface area contributed by atoms with Crippen LogP contribution in [0.5, 0.6) is 5.75 Å². The number of carbonyl (C=O) groups excluding carboxylic acids is 1. The number of benzene rings is 1. The fourth-order valence-corrected chi connectivity index (χ4v) is 1.16. The topological polar surface area (TPSA) is 26.3 Å². The van der Waals surface area contributed by atoms with E-state index in [-0.39, 0.29) is 11.3 Å². The van der Waals surface area contributed by atoms with Gasteiger partial charge in [0.15, 0.2) is 6.29 Å². The van der Waals surface area contributed by atoms with Crippen molar-refractivity contribution in [3.05, 3.63) is 28.8 Å². The number of alkyl halides is 2. The molecule has 76 valence electrons. The Bertz CT molecular complexity index is 348. The van der Waals surface area contributed by atoms with Gasteiger partial charge in [0.25, 0.3) is 0 Å². The van der Waals surface area contributed by atoms with Crippen molar-refractivity contribution in [3.8, 4) is 5.75 Å². The molecule has 0 atom stereocenters. The lowest BCUT2D eigenvalue weighted by atomic mass is 10.0. The molecule has 0 unspecified atom stereocenters. The fourth-order valence-electron chi connectivity index (χ4n) is 1.16. The molecule has 0 spiro atoms. The highest BCUT2D eigenvalue weighted by Gasteiger charge is 2.12. The van der Waals surface area contributed by atoms with Gasteiger partial charge in [-0.1, -0.05) is 6.07 Å². The normalized spacial score (nSPS) is 10.4. The zero-order valence-electron chi connectivity index (χ0n) is 7.88. The number of aryl methyl sites for hydroxylation is 1. The van der Waals surface area contributed by atoms with Gasteiger partial charge in [0.2, 0.25) is 0 Å². The van der Waals surface area contributed by atoms with Crippen LogP contribution < -0.4 is 4.74 Å². The van der Waals surface area contributed by atoms with Gasteiger partial charge in [-0.05, 0) is 31.0 Å². The van der Waals surface area contributed by atoms with Gasteiger partial charge in [0.05, 0.1) is 5.56 Å². The van der Waals surface area contributed by atoms with Gasteiger partial charge < -0.3 is 4.74 Å². The average Bonchev–Trinajstić information content (AvgIpc) is 2.11. The van der Waals surface area contributed by atoms with E-state index in [4.69, 9.17) is 0 Å². The molecule has 0 N–H and O–H groups in total. The van der Waals surface area contributed by atoms with Crippen molar-refractivity contribution < 1.29 is 18.3 Å². The Morgan fingerprint density at radius 1 is 1.36 bits per heavy atom. The van der Waals surface area contributed by atoms with Gasteiger partial charge in [0, 0.05) is 0 Å². The van der Waals surface area contributed by atoms with E-state index in [1.165, 1.54) is 6.07 Å². The van der Waals surface area contributed by atoms with Crippen LogP contribution in [0.3, 0.4) is 0 Å². The summed E-state index contributed by atoms with van der Waals surface area (Å²) in [5.74, 6) is -0.0712. The van der Waals surface area contributed by atoms with Crippen molar-refractivity contribution in [2.45, 2.75) is 20.5 Å². The molecule has 4 heteroatoms. The van der Waals surface area contributed by atoms with Crippen LogP contribution in [0, 0.1) is 13.8 Å². The Morgan fingerprint density at radius 3 is 2.50 bits per heavy atom. The van der Waals surface area contributed by atoms with E-state index in [9.17, 15) is 13.6 Å². The summed E-state index contributed by atoms with van der Waals surface area (Å²) in [5.41, 5.74) is 1.72. The van der Waals surface area contributed by atoms with Gasteiger partial charge in [-0.3, -0.25) is 4.79 Å². The van der Waals surface area contributed by atoms with Crippen LogP contribution >= 0.6 is 0 Å². The van der Waals surface area contributed by atoms with Crippen molar-refractivity contribution in [2.75, 3.05) is 0 Å². The van der Waals surface area contributed by atoms with E-state index in [1.54, 1.807) is 19.9 Å². The molecule has 0 radical (unpaired) electrons. The van der Waals surface area contributed by atoms with Crippen molar-refractivity contribution >= 4 is 6.29 Å². The summed E-state index contributed by atoms with van der Waals surface area (Å²) >= 11 is 0. The number of aldehydes is 1. The molecular formula is C10H10F2O2. The first-order chi connectivity index (χ1) is 6.56. The van der Waals surface area contributed by atoms with E-state index >= 15 is 0 Å². The second-order valence-corrected chi connectivity index (χ2v) is 2.92. The molecule has 14 heavy (non-hydrogen) atoms. The maximum absolute atomic E-state index is 11.9. The third kappa shape index (κ3) is 2.07.